The number of piperidine rings is 1. The van der Waals surface area contributed by atoms with E-state index in [2.05, 4.69) is 10.0 Å². The molecule has 2 fully saturated rings. The Labute approximate surface area is 96.0 Å². The SMILES string of the molecule is CC1(C)NC(=O)CCC1NS(=O)(=O)C1CC1. The molecule has 0 radical (unpaired) electrons. The molecule has 16 heavy (non-hydrogen) atoms. The topological polar surface area (TPSA) is 75.3 Å². The van der Waals surface area contributed by atoms with Crippen molar-refractivity contribution in [3.05, 3.63) is 0 Å². The molecule has 1 heterocycles. The highest BCUT2D eigenvalue weighted by Crippen LogP contribution is 2.29. The molecule has 1 aliphatic heterocycles. The maximum atomic E-state index is 11.8. The first-order chi connectivity index (χ1) is 7.31. The largest absolute Gasteiger partial charge is 0.350 e. The lowest BCUT2D eigenvalue weighted by Gasteiger charge is -2.39. The third kappa shape index (κ3) is 2.38. The van der Waals surface area contributed by atoms with Gasteiger partial charge in [-0.3, -0.25) is 4.79 Å². The van der Waals surface area contributed by atoms with Crippen LogP contribution in [0.3, 0.4) is 0 Å². The van der Waals surface area contributed by atoms with Gasteiger partial charge in [0.05, 0.1) is 10.8 Å². The molecule has 0 bridgehead atoms. The lowest BCUT2D eigenvalue weighted by molar-refractivity contribution is -0.125. The van der Waals surface area contributed by atoms with Gasteiger partial charge in [0, 0.05) is 12.5 Å². The van der Waals surface area contributed by atoms with Crippen molar-refractivity contribution >= 4 is 15.9 Å². The number of hydrogen-bond acceptors (Lipinski definition) is 3. The van der Waals surface area contributed by atoms with E-state index >= 15 is 0 Å². The fraction of sp³-hybridized carbons (Fsp3) is 0.900. The molecule has 5 nitrogen and oxygen atoms in total. The number of sulfonamides is 1. The molecule has 6 heteroatoms. The van der Waals surface area contributed by atoms with E-state index in [0.29, 0.717) is 12.8 Å². The predicted molar refractivity (Wildman–Crippen MR) is 60.3 cm³/mol. The van der Waals surface area contributed by atoms with Crippen molar-refractivity contribution in [1.82, 2.24) is 10.0 Å². The third-order valence-electron chi connectivity index (χ3n) is 3.26. The summed E-state index contributed by atoms with van der Waals surface area (Å²) < 4.78 is 26.3. The van der Waals surface area contributed by atoms with Gasteiger partial charge in [-0.2, -0.15) is 0 Å². The standard InChI is InChI=1S/C10H18N2O3S/c1-10(2)8(5-6-9(13)11-10)12-16(14,15)7-3-4-7/h7-8,12H,3-6H2,1-2H3,(H,11,13). The van der Waals surface area contributed by atoms with E-state index in [0.717, 1.165) is 12.8 Å². The summed E-state index contributed by atoms with van der Waals surface area (Å²) in [5.74, 6) is -0.00753. The number of nitrogens with one attached hydrogen (secondary N) is 2. The second-order valence-electron chi connectivity index (χ2n) is 5.22. The van der Waals surface area contributed by atoms with Crippen molar-refractivity contribution in [2.45, 2.75) is 56.4 Å². The van der Waals surface area contributed by atoms with Gasteiger partial charge in [-0.05, 0) is 33.1 Å². The molecule has 1 aliphatic carbocycles. The van der Waals surface area contributed by atoms with E-state index in [9.17, 15) is 13.2 Å². The molecular weight excluding hydrogens is 228 g/mol. The van der Waals surface area contributed by atoms with Crippen LogP contribution in [-0.2, 0) is 14.8 Å². The highest BCUT2D eigenvalue weighted by Gasteiger charge is 2.42. The Morgan fingerprint density at radius 3 is 2.44 bits per heavy atom. The maximum absolute atomic E-state index is 11.8. The zero-order valence-electron chi connectivity index (χ0n) is 9.62. The highest BCUT2D eigenvalue weighted by molar-refractivity contribution is 7.90. The van der Waals surface area contributed by atoms with Crippen LogP contribution < -0.4 is 10.0 Å². The number of amides is 1. The Morgan fingerprint density at radius 2 is 1.94 bits per heavy atom. The molecule has 2 N–H and O–H groups in total. The average Bonchev–Trinajstić information content (AvgIpc) is 2.91. The minimum Gasteiger partial charge on any atom is -0.350 e. The summed E-state index contributed by atoms with van der Waals surface area (Å²) in [5.41, 5.74) is -0.503. The number of hydrogen-bond donors (Lipinski definition) is 2. The zero-order valence-corrected chi connectivity index (χ0v) is 10.4. The number of rotatable bonds is 3. The van der Waals surface area contributed by atoms with Gasteiger partial charge in [0.25, 0.3) is 0 Å². The quantitative estimate of drug-likeness (QED) is 0.743. The van der Waals surface area contributed by atoms with Crippen LogP contribution in [0.2, 0.25) is 0 Å². The van der Waals surface area contributed by atoms with Gasteiger partial charge in [-0.15, -0.1) is 0 Å². The second-order valence-corrected chi connectivity index (χ2v) is 7.22. The van der Waals surface area contributed by atoms with E-state index in [1.54, 1.807) is 0 Å². The molecule has 92 valence electrons. The van der Waals surface area contributed by atoms with Crippen molar-refractivity contribution in [1.29, 1.82) is 0 Å². The van der Waals surface area contributed by atoms with Crippen molar-refractivity contribution in [2.24, 2.45) is 0 Å². The van der Waals surface area contributed by atoms with Gasteiger partial charge >= 0.3 is 0 Å². The van der Waals surface area contributed by atoms with Crippen molar-refractivity contribution < 1.29 is 13.2 Å². The first-order valence-electron chi connectivity index (χ1n) is 5.63. The first kappa shape index (κ1) is 11.9. The Kier molecular flexibility index (Phi) is 2.74. The van der Waals surface area contributed by atoms with Gasteiger partial charge in [-0.1, -0.05) is 0 Å². The lowest BCUT2D eigenvalue weighted by Crippen LogP contribution is -2.62. The molecule has 1 atom stereocenters. The molecule has 1 unspecified atom stereocenters. The summed E-state index contributed by atoms with van der Waals surface area (Å²) in [7, 11) is -3.18. The monoisotopic (exact) mass is 246 g/mol. The van der Waals surface area contributed by atoms with Gasteiger partial charge in [-0.25, -0.2) is 13.1 Å². The minimum absolute atomic E-state index is 0.00753. The Morgan fingerprint density at radius 1 is 1.31 bits per heavy atom. The average molecular weight is 246 g/mol. The Bertz CT molecular complexity index is 398. The summed E-state index contributed by atoms with van der Waals surface area (Å²) in [5, 5.41) is 2.61. The van der Waals surface area contributed by atoms with Crippen LogP contribution in [-0.4, -0.2) is 31.2 Å². The summed E-state index contributed by atoms with van der Waals surface area (Å²) in [6, 6.07) is -0.198. The normalized spacial score (nSPS) is 29.9. The Hall–Kier alpha value is -0.620. The van der Waals surface area contributed by atoms with Gasteiger partial charge < -0.3 is 5.32 Å². The summed E-state index contributed by atoms with van der Waals surface area (Å²) in [6.45, 7) is 3.70. The van der Waals surface area contributed by atoms with Crippen LogP contribution in [0.25, 0.3) is 0 Å². The molecule has 2 rings (SSSR count). The van der Waals surface area contributed by atoms with Crippen LogP contribution in [0.4, 0.5) is 0 Å². The third-order valence-corrected chi connectivity index (χ3v) is 5.22. The van der Waals surface area contributed by atoms with E-state index in [1.165, 1.54) is 0 Å². The molecular formula is C10H18N2O3S. The van der Waals surface area contributed by atoms with Crippen LogP contribution in [0.5, 0.6) is 0 Å². The highest BCUT2D eigenvalue weighted by atomic mass is 32.2. The predicted octanol–water partition coefficient (Wildman–Crippen LogP) is 0.125. The fourth-order valence-corrected chi connectivity index (χ4v) is 3.78. The lowest BCUT2D eigenvalue weighted by atomic mass is 9.88. The van der Waals surface area contributed by atoms with Crippen LogP contribution >= 0.6 is 0 Å². The van der Waals surface area contributed by atoms with Gasteiger partial charge in [0.15, 0.2) is 0 Å². The summed E-state index contributed by atoms with van der Waals surface area (Å²) in [6.07, 6.45) is 2.48. The van der Waals surface area contributed by atoms with Gasteiger partial charge in [0.1, 0.15) is 0 Å². The molecule has 0 aromatic carbocycles. The smallest absolute Gasteiger partial charge is 0.220 e. The van der Waals surface area contributed by atoms with E-state index in [4.69, 9.17) is 0 Å². The molecule has 0 aromatic heterocycles. The molecule has 0 spiro atoms. The maximum Gasteiger partial charge on any atom is 0.220 e. The second kappa shape index (κ2) is 3.70. The fourth-order valence-electron chi connectivity index (χ4n) is 2.02. The summed E-state index contributed by atoms with van der Waals surface area (Å²) >= 11 is 0. The van der Waals surface area contributed by atoms with Crippen LogP contribution in [0.15, 0.2) is 0 Å². The Balaban J connectivity index is 2.06. The van der Waals surface area contributed by atoms with Crippen molar-refractivity contribution in [3.63, 3.8) is 0 Å². The molecule has 1 amide bonds. The van der Waals surface area contributed by atoms with E-state index in [1.807, 2.05) is 13.8 Å². The number of carbonyl (C=O) groups is 1. The molecule has 1 saturated heterocycles. The minimum atomic E-state index is -3.18. The van der Waals surface area contributed by atoms with Crippen LogP contribution in [0, 0.1) is 0 Å². The molecule has 2 aliphatic rings. The van der Waals surface area contributed by atoms with Gasteiger partial charge in [0.2, 0.25) is 15.9 Å². The van der Waals surface area contributed by atoms with E-state index in [-0.39, 0.29) is 17.2 Å². The van der Waals surface area contributed by atoms with Crippen molar-refractivity contribution in [3.8, 4) is 0 Å². The summed E-state index contributed by atoms with van der Waals surface area (Å²) in [4.78, 5) is 11.2. The molecule has 1 saturated carbocycles. The zero-order chi connectivity index (χ0) is 12.0. The molecule has 0 aromatic rings. The first-order valence-corrected chi connectivity index (χ1v) is 7.18. The van der Waals surface area contributed by atoms with E-state index < -0.39 is 15.6 Å². The number of carbonyl (C=O) groups excluding carboxylic acids is 1. The van der Waals surface area contributed by atoms with Crippen molar-refractivity contribution in [2.75, 3.05) is 0 Å². The van der Waals surface area contributed by atoms with Crippen LogP contribution in [0.1, 0.15) is 39.5 Å².